The third kappa shape index (κ3) is 5.29. The van der Waals surface area contributed by atoms with Crippen LogP contribution in [0.25, 0.3) is 0 Å². The first-order chi connectivity index (χ1) is 7.88. The number of rotatable bonds is 3. The van der Waals surface area contributed by atoms with E-state index in [-0.39, 0.29) is 12.3 Å². The number of nitrogens with one attached hydrogen (secondary N) is 1. The molecule has 0 unspecified atom stereocenters. The van der Waals surface area contributed by atoms with Crippen molar-refractivity contribution in [1.82, 2.24) is 4.72 Å². The van der Waals surface area contributed by atoms with Crippen molar-refractivity contribution in [1.29, 1.82) is 0 Å². The normalized spacial score (nSPS) is 10.5. The second-order valence-electron chi connectivity index (χ2n) is 3.53. The van der Waals surface area contributed by atoms with Gasteiger partial charge in [0.05, 0.1) is 12.8 Å². The lowest BCUT2D eigenvalue weighted by Crippen LogP contribution is -2.21. The Balaban J connectivity index is 2.64. The highest BCUT2D eigenvalue weighted by Gasteiger charge is 1.97. The van der Waals surface area contributed by atoms with E-state index in [1.165, 1.54) is 6.92 Å². The summed E-state index contributed by atoms with van der Waals surface area (Å²) in [5.74, 6) is 5.48. The molecule has 0 saturated heterocycles. The molecule has 5 heteroatoms. The molecular weight excluding hydrogens is 238 g/mol. The zero-order chi connectivity index (χ0) is 12.9. The molecule has 0 bridgehead atoms. The first kappa shape index (κ1) is 13.4. The minimum atomic E-state index is -3.19. The van der Waals surface area contributed by atoms with Crippen molar-refractivity contribution in [2.45, 2.75) is 6.92 Å². The molecule has 90 valence electrons. The molecule has 0 atom stereocenters. The molecule has 1 N–H and O–H groups in total. The van der Waals surface area contributed by atoms with Crippen molar-refractivity contribution in [2.24, 2.45) is 0 Å². The maximum atomic E-state index is 11.0. The molecule has 0 spiro atoms. The van der Waals surface area contributed by atoms with Crippen LogP contribution in [0.4, 0.5) is 0 Å². The van der Waals surface area contributed by atoms with Gasteiger partial charge in [-0.25, -0.2) is 13.1 Å². The van der Waals surface area contributed by atoms with E-state index < -0.39 is 10.0 Å². The second-order valence-corrected chi connectivity index (χ2v) is 5.36. The van der Waals surface area contributed by atoms with E-state index in [0.29, 0.717) is 5.56 Å². The van der Waals surface area contributed by atoms with E-state index >= 15 is 0 Å². The molecule has 17 heavy (non-hydrogen) atoms. The van der Waals surface area contributed by atoms with Crippen LogP contribution in [0.1, 0.15) is 22.8 Å². The molecule has 0 aliphatic rings. The first-order valence-corrected chi connectivity index (χ1v) is 6.82. The molecule has 0 aromatic heterocycles. The number of hydrogen-bond acceptors (Lipinski definition) is 3. The van der Waals surface area contributed by atoms with Crippen molar-refractivity contribution in [3.05, 3.63) is 35.4 Å². The summed E-state index contributed by atoms with van der Waals surface area (Å²) in [4.78, 5) is 11.0. The Kier molecular flexibility index (Phi) is 4.44. The Hall–Kier alpha value is -1.64. The lowest BCUT2D eigenvalue weighted by Gasteiger charge is -1.95. The molecule has 0 aliphatic carbocycles. The van der Waals surface area contributed by atoms with Gasteiger partial charge in [0.1, 0.15) is 0 Å². The Morgan fingerprint density at radius 3 is 2.35 bits per heavy atom. The monoisotopic (exact) mass is 251 g/mol. The lowest BCUT2D eigenvalue weighted by molar-refractivity contribution is 0.101. The Morgan fingerprint density at radius 1 is 1.29 bits per heavy atom. The maximum absolute atomic E-state index is 11.0. The zero-order valence-corrected chi connectivity index (χ0v) is 10.5. The van der Waals surface area contributed by atoms with Gasteiger partial charge in [0, 0.05) is 11.1 Å². The van der Waals surface area contributed by atoms with Crippen LogP contribution in [0.5, 0.6) is 0 Å². The van der Waals surface area contributed by atoms with Crippen molar-refractivity contribution in [3.63, 3.8) is 0 Å². The fraction of sp³-hybridized carbons (Fsp3) is 0.250. The average molecular weight is 251 g/mol. The minimum absolute atomic E-state index is 0.00301. The minimum Gasteiger partial charge on any atom is -0.295 e. The number of carbonyl (C=O) groups excluding carboxylic acids is 1. The number of sulfonamides is 1. The van der Waals surface area contributed by atoms with Crippen molar-refractivity contribution in [3.8, 4) is 11.8 Å². The second kappa shape index (κ2) is 5.62. The predicted molar refractivity (Wildman–Crippen MR) is 66.2 cm³/mol. The SMILES string of the molecule is CC(=O)c1ccc(C#CCNS(C)(=O)=O)cc1. The average Bonchev–Trinajstić information content (AvgIpc) is 2.24. The topological polar surface area (TPSA) is 63.2 Å². The summed E-state index contributed by atoms with van der Waals surface area (Å²) in [6.45, 7) is 1.57. The molecule has 1 rings (SSSR count). The molecule has 0 amide bonds. The van der Waals surface area contributed by atoms with E-state index in [1.807, 2.05) is 0 Å². The van der Waals surface area contributed by atoms with Gasteiger partial charge in [-0.05, 0) is 19.1 Å². The Morgan fingerprint density at radius 2 is 1.88 bits per heavy atom. The summed E-state index contributed by atoms with van der Waals surface area (Å²) in [5, 5.41) is 0. The van der Waals surface area contributed by atoms with E-state index in [2.05, 4.69) is 16.6 Å². The van der Waals surface area contributed by atoms with Crippen LogP contribution in [0.2, 0.25) is 0 Å². The van der Waals surface area contributed by atoms with Crippen LogP contribution in [0.15, 0.2) is 24.3 Å². The van der Waals surface area contributed by atoms with Crippen molar-refractivity contribution in [2.75, 3.05) is 12.8 Å². The molecular formula is C12H13NO3S. The standard InChI is InChI=1S/C12H13NO3S/c1-10(14)12-7-5-11(6-8-12)4-3-9-13-17(2,15)16/h5-8,13H,9H2,1-2H3. The summed E-state index contributed by atoms with van der Waals surface area (Å²) < 4.78 is 23.8. The molecule has 4 nitrogen and oxygen atoms in total. The first-order valence-electron chi connectivity index (χ1n) is 4.93. The Bertz CT molecular complexity index is 562. The molecule has 1 aromatic carbocycles. The van der Waals surface area contributed by atoms with E-state index in [4.69, 9.17) is 0 Å². The number of carbonyl (C=O) groups is 1. The lowest BCUT2D eigenvalue weighted by atomic mass is 10.1. The number of Topliss-reactive ketones (excluding diaryl/α,β-unsaturated/α-hetero) is 1. The fourth-order valence-electron chi connectivity index (χ4n) is 1.10. The number of benzene rings is 1. The van der Waals surface area contributed by atoms with Gasteiger partial charge in [-0.1, -0.05) is 24.0 Å². The van der Waals surface area contributed by atoms with Crippen LogP contribution < -0.4 is 4.72 Å². The van der Waals surface area contributed by atoms with Gasteiger partial charge < -0.3 is 0 Å². The predicted octanol–water partition coefficient (Wildman–Crippen LogP) is 0.790. The van der Waals surface area contributed by atoms with Gasteiger partial charge in [-0.15, -0.1) is 0 Å². The summed E-state index contributed by atoms with van der Waals surface area (Å²) in [6.07, 6.45) is 1.08. The van der Waals surface area contributed by atoms with Crippen LogP contribution in [0, 0.1) is 11.8 Å². The quantitative estimate of drug-likeness (QED) is 0.638. The highest BCUT2D eigenvalue weighted by Crippen LogP contribution is 2.03. The fourth-order valence-corrected chi connectivity index (χ4v) is 1.44. The molecule has 0 fully saturated rings. The van der Waals surface area contributed by atoms with Crippen molar-refractivity contribution < 1.29 is 13.2 Å². The van der Waals surface area contributed by atoms with Crippen LogP contribution >= 0.6 is 0 Å². The third-order valence-corrected chi connectivity index (χ3v) is 2.62. The van der Waals surface area contributed by atoms with Crippen LogP contribution in [-0.4, -0.2) is 27.0 Å². The van der Waals surface area contributed by atoms with Gasteiger partial charge in [0.2, 0.25) is 10.0 Å². The van der Waals surface area contributed by atoms with Gasteiger partial charge >= 0.3 is 0 Å². The van der Waals surface area contributed by atoms with Crippen LogP contribution in [0.3, 0.4) is 0 Å². The summed E-state index contributed by atoms with van der Waals surface area (Å²) >= 11 is 0. The van der Waals surface area contributed by atoms with E-state index in [1.54, 1.807) is 24.3 Å². The Labute approximate surface area is 101 Å². The van der Waals surface area contributed by atoms with E-state index in [9.17, 15) is 13.2 Å². The highest BCUT2D eigenvalue weighted by molar-refractivity contribution is 7.88. The summed E-state index contributed by atoms with van der Waals surface area (Å²) in [5.41, 5.74) is 1.37. The number of hydrogen-bond donors (Lipinski definition) is 1. The molecule has 0 aliphatic heterocycles. The van der Waals surface area contributed by atoms with Gasteiger partial charge in [-0.2, -0.15) is 0 Å². The smallest absolute Gasteiger partial charge is 0.209 e. The molecule has 0 heterocycles. The van der Waals surface area contributed by atoms with Crippen LogP contribution in [-0.2, 0) is 10.0 Å². The van der Waals surface area contributed by atoms with Crippen molar-refractivity contribution >= 4 is 15.8 Å². The molecule has 1 aromatic rings. The van der Waals surface area contributed by atoms with E-state index in [0.717, 1.165) is 11.8 Å². The van der Waals surface area contributed by atoms with Gasteiger partial charge in [-0.3, -0.25) is 4.79 Å². The summed E-state index contributed by atoms with van der Waals surface area (Å²) in [6, 6.07) is 6.83. The molecule has 0 radical (unpaired) electrons. The van der Waals surface area contributed by atoms with Gasteiger partial charge in [0.15, 0.2) is 5.78 Å². The molecule has 0 saturated carbocycles. The maximum Gasteiger partial charge on any atom is 0.209 e. The van der Waals surface area contributed by atoms with Gasteiger partial charge in [0.25, 0.3) is 0 Å². The largest absolute Gasteiger partial charge is 0.295 e. The third-order valence-electron chi connectivity index (χ3n) is 1.95. The number of ketones is 1. The highest BCUT2D eigenvalue weighted by atomic mass is 32.2. The summed E-state index contributed by atoms with van der Waals surface area (Å²) in [7, 11) is -3.19. The zero-order valence-electron chi connectivity index (χ0n) is 9.65.